The third-order valence-corrected chi connectivity index (χ3v) is 3.37. The highest BCUT2D eigenvalue weighted by Crippen LogP contribution is 2.04. The lowest BCUT2D eigenvalue weighted by Gasteiger charge is -2.24. The smallest absolute Gasteiger partial charge is 0.421 e. The molecule has 8 heteroatoms. The van der Waals surface area contributed by atoms with E-state index in [0.717, 1.165) is 4.31 Å². The second-order valence-corrected chi connectivity index (χ2v) is 4.94. The van der Waals surface area contributed by atoms with Crippen LogP contribution in [0.4, 0.5) is 4.79 Å². The molecule has 0 saturated carbocycles. The van der Waals surface area contributed by atoms with Gasteiger partial charge in [-0.3, -0.25) is 0 Å². The van der Waals surface area contributed by atoms with Crippen LogP contribution in [-0.2, 0) is 14.9 Å². The number of nitrogens with two attached hydrogens (primary N) is 1. The summed E-state index contributed by atoms with van der Waals surface area (Å²) in [7, 11) is -3.88. The number of amides is 1. The van der Waals surface area contributed by atoms with Gasteiger partial charge in [-0.2, -0.15) is 12.7 Å². The minimum atomic E-state index is -3.88. The fourth-order valence-electron chi connectivity index (χ4n) is 1.11. The first kappa shape index (κ1) is 15.1. The first-order chi connectivity index (χ1) is 7.35. The molecular weight excluding hydrogens is 234 g/mol. The van der Waals surface area contributed by atoms with Crippen LogP contribution in [0.1, 0.15) is 20.8 Å². The van der Waals surface area contributed by atoms with Crippen molar-refractivity contribution >= 4 is 16.3 Å². The maximum absolute atomic E-state index is 11.7. The van der Waals surface area contributed by atoms with E-state index < -0.39 is 16.3 Å². The predicted molar refractivity (Wildman–Crippen MR) is 60.0 cm³/mol. The number of rotatable bonds is 6. The summed E-state index contributed by atoms with van der Waals surface area (Å²) in [5.41, 5.74) is 5.30. The van der Waals surface area contributed by atoms with Crippen LogP contribution >= 0.6 is 0 Å². The number of hydrogen-bond donors (Lipinski definition) is 2. The molecule has 0 aromatic rings. The number of carbonyl (C=O) groups is 1. The Kier molecular flexibility index (Phi) is 6.31. The minimum Gasteiger partial charge on any atom is -0.449 e. The number of carbonyl (C=O) groups excluding carboxylic acids is 1. The van der Waals surface area contributed by atoms with Crippen molar-refractivity contribution in [2.24, 2.45) is 5.73 Å². The number of nitrogens with one attached hydrogen (secondary N) is 1. The molecule has 0 aliphatic carbocycles. The van der Waals surface area contributed by atoms with Crippen LogP contribution in [0.3, 0.4) is 0 Å². The zero-order valence-corrected chi connectivity index (χ0v) is 10.6. The van der Waals surface area contributed by atoms with E-state index >= 15 is 0 Å². The van der Waals surface area contributed by atoms with Gasteiger partial charge in [-0.1, -0.05) is 0 Å². The normalized spacial score (nSPS) is 11.9. The van der Waals surface area contributed by atoms with Gasteiger partial charge in [0.1, 0.15) is 0 Å². The summed E-state index contributed by atoms with van der Waals surface area (Å²) >= 11 is 0. The molecule has 0 aliphatic heterocycles. The topological polar surface area (TPSA) is 102 Å². The summed E-state index contributed by atoms with van der Waals surface area (Å²) in [6.07, 6.45) is -0.981. The van der Waals surface area contributed by atoms with Crippen molar-refractivity contribution in [1.29, 1.82) is 0 Å². The van der Waals surface area contributed by atoms with Gasteiger partial charge in [0.05, 0.1) is 6.61 Å². The van der Waals surface area contributed by atoms with E-state index in [1.54, 1.807) is 25.5 Å². The van der Waals surface area contributed by atoms with Crippen LogP contribution in [-0.4, -0.2) is 44.6 Å². The van der Waals surface area contributed by atoms with Gasteiger partial charge in [0.25, 0.3) is 0 Å². The second-order valence-electron chi connectivity index (χ2n) is 3.32. The SMILES string of the molecule is CCOC(=O)NS(=O)(=O)N(CCN)C(C)C. The van der Waals surface area contributed by atoms with Crippen LogP contribution in [0.5, 0.6) is 0 Å². The average Bonchev–Trinajstić information content (AvgIpc) is 2.12. The highest BCUT2D eigenvalue weighted by Gasteiger charge is 2.26. The van der Waals surface area contributed by atoms with Crippen molar-refractivity contribution < 1.29 is 17.9 Å². The monoisotopic (exact) mass is 253 g/mol. The van der Waals surface area contributed by atoms with Crippen molar-refractivity contribution in [3.05, 3.63) is 0 Å². The highest BCUT2D eigenvalue weighted by molar-refractivity contribution is 7.87. The Morgan fingerprint density at radius 1 is 1.50 bits per heavy atom. The lowest BCUT2D eigenvalue weighted by atomic mass is 10.4. The molecule has 0 aliphatic rings. The van der Waals surface area contributed by atoms with Crippen LogP contribution in [0, 0.1) is 0 Å². The molecule has 96 valence electrons. The fourth-order valence-corrected chi connectivity index (χ4v) is 2.40. The summed E-state index contributed by atoms with van der Waals surface area (Å²) < 4.78 is 30.8. The van der Waals surface area contributed by atoms with Gasteiger partial charge in [0, 0.05) is 19.1 Å². The van der Waals surface area contributed by atoms with Crippen molar-refractivity contribution in [1.82, 2.24) is 9.03 Å². The summed E-state index contributed by atoms with van der Waals surface area (Å²) in [6.45, 7) is 5.42. The van der Waals surface area contributed by atoms with Crippen LogP contribution in [0.25, 0.3) is 0 Å². The molecule has 0 radical (unpaired) electrons. The molecule has 1 amide bonds. The molecule has 0 bridgehead atoms. The Morgan fingerprint density at radius 3 is 2.44 bits per heavy atom. The molecule has 0 saturated heterocycles. The summed E-state index contributed by atoms with van der Waals surface area (Å²) in [4.78, 5) is 11.0. The molecule has 0 aromatic carbocycles. The Balaban J connectivity index is 4.66. The third-order valence-electron chi connectivity index (χ3n) is 1.72. The fraction of sp³-hybridized carbons (Fsp3) is 0.875. The van der Waals surface area contributed by atoms with Gasteiger partial charge in [-0.25, -0.2) is 9.52 Å². The molecule has 3 N–H and O–H groups in total. The molecule has 16 heavy (non-hydrogen) atoms. The quantitative estimate of drug-likeness (QED) is 0.673. The Bertz CT molecular complexity index is 315. The maximum atomic E-state index is 11.7. The van der Waals surface area contributed by atoms with E-state index in [1.165, 1.54) is 0 Å². The average molecular weight is 253 g/mol. The first-order valence-corrected chi connectivity index (χ1v) is 6.45. The molecule has 0 unspecified atom stereocenters. The van der Waals surface area contributed by atoms with Crippen LogP contribution in [0.2, 0.25) is 0 Å². The van der Waals surface area contributed by atoms with Gasteiger partial charge in [-0.05, 0) is 20.8 Å². The molecule has 0 rings (SSSR count). The van der Waals surface area contributed by atoms with Gasteiger partial charge in [-0.15, -0.1) is 0 Å². The van der Waals surface area contributed by atoms with E-state index in [0.29, 0.717) is 0 Å². The molecule has 7 nitrogen and oxygen atoms in total. The number of nitrogens with zero attached hydrogens (tertiary/aromatic N) is 1. The Hall–Kier alpha value is -0.860. The van der Waals surface area contributed by atoms with Crippen molar-refractivity contribution in [2.45, 2.75) is 26.8 Å². The van der Waals surface area contributed by atoms with Gasteiger partial charge in [0.2, 0.25) is 0 Å². The molecule has 0 spiro atoms. The number of ether oxygens (including phenoxy) is 1. The summed E-state index contributed by atoms with van der Waals surface area (Å²) in [5.74, 6) is 0. The van der Waals surface area contributed by atoms with Crippen molar-refractivity contribution in [3.8, 4) is 0 Å². The minimum absolute atomic E-state index is 0.111. The molecule has 0 fully saturated rings. The number of hydrogen-bond acceptors (Lipinski definition) is 5. The van der Waals surface area contributed by atoms with Gasteiger partial charge >= 0.3 is 16.3 Å². The first-order valence-electron chi connectivity index (χ1n) is 5.01. The van der Waals surface area contributed by atoms with Crippen LogP contribution in [0.15, 0.2) is 0 Å². The van der Waals surface area contributed by atoms with Gasteiger partial charge in [0.15, 0.2) is 0 Å². The zero-order chi connectivity index (χ0) is 12.8. The van der Waals surface area contributed by atoms with Crippen LogP contribution < -0.4 is 10.5 Å². The molecular formula is C8H19N3O4S. The largest absolute Gasteiger partial charge is 0.449 e. The zero-order valence-electron chi connectivity index (χ0n) is 9.76. The highest BCUT2D eigenvalue weighted by atomic mass is 32.2. The summed E-state index contributed by atoms with van der Waals surface area (Å²) in [5, 5.41) is 0. The van der Waals surface area contributed by atoms with Crippen molar-refractivity contribution in [2.75, 3.05) is 19.7 Å². The van der Waals surface area contributed by atoms with E-state index in [1.807, 2.05) is 0 Å². The van der Waals surface area contributed by atoms with E-state index in [-0.39, 0.29) is 25.7 Å². The standard InChI is InChI=1S/C8H19N3O4S/c1-4-15-8(12)10-16(13,14)11(6-5-9)7(2)3/h7H,4-6,9H2,1-3H3,(H,10,12). The Morgan fingerprint density at radius 2 is 2.06 bits per heavy atom. The lowest BCUT2D eigenvalue weighted by molar-refractivity contribution is 0.158. The lowest BCUT2D eigenvalue weighted by Crippen LogP contribution is -2.48. The van der Waals surface area contributed by atoms with E-state index in [2.05, 4.69) is 4.74 Å². The van der Waals surface area contributed by atoms with Crippen molar-refractivity contribution in [3.63, 3.8) is 0 Å². The third kappa shape index (κ3) is 4.77. The molecule has 0 atom stereocenters. The summed E-state index contributed by atoms with van der Waals surface area (Å²) in [6, 6.07) is -0.282. The molecule has 0 heterocycles. The Labute approximate surface area is 96.1 Å². The predicted octanol–water partition coefficient (Wildman–Crippen LogP) is -0.354. The van der Waals surface area contributed by atoms with E-state index in [4.69, 9.17) is 5.73 Å². The molecule has 0 aromatic heterocycles. The maximum Gasteiger partial charge on any atom is 0.421 e. The van der Waals surface area contributed by atoms with E-state index in [9.17, 15) is 13.2 Å². The van der Waals surface area contributed by atoms with Gasteiger partial charge < -0.3 is 10.5 Å². The second kappa shape index (κ2) is 6.66.